The van der Waals surface area contributed by atoms with E-state index in [1.807, 2.05) is 30.3 Å². The van der Waals surface area contributed by atoms with Crippen LogP contribution in [0.5, 0.6) is 0 Å². The van der Waals surface area contributed by atoms with Crippen molar-refractivity contribution in [3.05, 3.63) is 52.9 Å². The van der Waals surface area contributed by atoms with Crippen LogP contribution >= 0.6 is 0 Å². The molecule has 2 aromatic rings. The zero-order chi connectivity index (χ0) is 13.8. The monoisotopic (exact) mass is 257 g/mol. The Kier molecular flexibility index (Phi) is 3.70. The van der Waals surface area contributed by atoms with Gasteiger partial charge in [-0.1, -0.05) is 30.3 Å². The van der Waals surface area contributed by atoms with Crippen molar-refractivity contribution in [1.82, 2.24) is 20.1 Å². The van der Waals surface area contributed by atoms with E-state index in [-0.39, 0.29) is 17.1 Å². The average molecular weight is 257 g/mol. The predicted octanol–water partition coefficient (Wildman–Crippen LogP) is 0.245. The Morgan fingerprint density at radius 1 is 1.37 bits per heavy atom. The highest BCUT2D eigenvalue weighted by Crippen LogP contribution is 2.04. The molecule has 19 heavy (non-hydrogen) atoms. The molecular weight excluding hydrogens is 242 g/mol. The Bertz CT molecular complexity index is 648. The first-order valence-corrected chi connectivity index (χ1v) is 5.86. The third kappa shape index (κ3) is 2.85. The third-order valence-corrected chi connectivity index (χ3v) is 2.70. The summed E-state index contributed by atoms with van der Waals surface area (Å²) in [6.07, 6.45) is 0.527. The summed E-state index contributed by atoms with van der Waals surface area (Å²) in [5.41, 5.74) is 1.14. The van der Waals surface area contributed by atoms with Crippen molar-refractivity contribution >= 4 is 5.91 Å². The summed E-state index contributed by atoms with van der Waals surface area (Å²) in [7, 11) is 3.14. The molecule has 0 saturated carbocycles. The van der Waals surface area contributed by atoms with E-state index in [9.17, 15) is 4.79 Å². The molecule has 0 aliphatic carbocycles. The Balaban J connectivity index is 2.40. The second-order valence-corrected chi connectivity index (χ2v) is 4.09. The first-order chi connectivity index (χ1) is 9.11. The molecule has 1 aromatic carbocycles. The van der Waals surface area contributed by atoms with Gasteiger partial charge in [0.1, 0.15) is 0 Å². The summed E-state index contributed by atoms with van der Waals surface area (Å²) < 4.78 is 1.36. The molecule has 0 bridgehead atoms. The zero-order valence-electron chi connectivity index (χ0n) is 10.8. The number of nitrogens with one attached hydrogen (secondary N) is 2. The molecular formula is C13H15N5O. The van der Waals surface area contributed by atoms with Gasteiger partial charge in [-0.3, -0.25) is 10.2 Å². The fourth-order valence-electron chi connectivity index (χ4n) is 1.71. The summed E-state index contributed by atoms with van der Waals surface area (Å²) in [5.74, 6) is 0.139. The minimum Gasteiger partial charge on any atom is -0.354 e. The molecule has 0 fully saturated rings. The molecule has 0 spiro atoms. The highest BCUT2D eigenvalue weighted by atomic mass is 16.1. The van der Waals surface area contributed by atoms with E-state index in [4.69, 9.17) is 5.41 Å². The Morgan fingerprint density at radius 2 is 2.05 bits per heavy atom. The molecule has 6 nitrogen and oxygen atoms in total. The van der Waals surface area contributed by atoms with Crippen molar-refractivity contribution in [3.63, 3.8) is 0 Å². The highest BCUT2D eigenvalue weighted by molar-refractivity contribution is 5.91. The van der Waals surface area contributed by atoms with Gasteiger partial charge in [0.25, 0.3) is 5.91 Å². The number of aromatic nitrogens is 3. The molecule has 0 radical (unpaired) electrons. The Morgan fingerprint density at radius 3 is 2.68 bits per heavy atom. The van der Waals surface area contributed by atoms with Gasteiger partial charge >= 0.3 is 0 Å². The van der Waals surface area contributed by atoms with Crippen molar-refractivity contribution in [2.45, 2.75) is 6.42 Å². The van der Waals surface area contributed by atoms with Gasteiger partial charge < -0.3 is 5.32 Å². The number of amides is 1. The van der Waals surface area contributed by atoms with Crippen LogP contribution in [0.15, 0.2) is 30.3 Å². The van der Waals surface area contributed by atoms with Crippen LogP contribution in [0.25, 0.3) is 0 Å². The van der Waals surface area contributed by atoms with E-state index in [1.54, 1.807) is 7.05 Å². The average Bonchev–Trinajstić information content (AvgIpc) is 2.43. The van der Waals surface area contributed by atoms with Gasteiger partial charge in [0, 0.05) is 20.5 Å². The molecule has 1 aromatic heterocycles. The van der Waals surface area contributed by atoms with Crippen LogP contribution in [0.1, 0.15) is 21.9 Å². The van der Waals surface area contributed by atoms with Crippen LogP contribution in [0.4, 0.5) is 0 Å². The molecule has 2 N–H and O–H groups in total. The van der Waals surface area contributed by atoms with E-state index in [0.717, 1.165) is 5.56 Å². The second kappa shape index (κ2) is 5.43. The summed E-state index contributed by atoms with van der Waals surface area (Å²) in [4.78, 5) is 15.8. The Hall–Kier alpha value is -2.50. The first kappa shape index (κ1) is 12.9. The summed E-state index contributed by atoms with van der Waals surface area (Å²) in [5, 5.41) is 14.4. The van der Waals surface area contributed by atoms with Gasteiger partial charge in [0.2, 0.25) is 0 Å². The quantitative estimate of drug-likeness (QED) is 0.826. The van der Waals surface area contributed by atoms with Crippen LogP contribution in [0, 0.1) is 5.41 Å². The van der Waals surface area contributed by atoms with Crippen molar-refractivity contribution in [2.75, 3.05) is 7.05 Å². The lowest BCUT2D eigenvalue weighted by Crippen LogP contribution is -2.34. The van der Waals surface area contributed by atoms with E-state index in [0.29, 0.717) is 12.2 Å². The number of nitrogens with zero attached hydrogens (tertiary/aromatic N) is 3. The lowest BCUT2D eigenvalue weighted by atomic mass is 10.1. The molecule has 2 rings (SSSR count). The fourth-order valence-corrected chi connectivity index (χ4v) is 1.71. The van der Waals surface area contributed by atoms with Gasteiger partial charge in [-0.15, -0.1) is 0 Å². The van der Waals surface area contributed by atoms with E-state index in [1.165, 1.54) is 11.7 Å². The molecule has 6 heteroatoms. The van der Waals surface area contributed by atoms with Gasteiger partial charge in [-0.2, -0.15) is 5.10 Å². The molecule has 0 unspecified atom stereocenters. The van der Waals surface area contributed by atoms with Gasteiger partial charge in [0.15, 0.2) is 17.0 Å². The predicted molar refractivity (Wildman–Crippen MR) is 69.5 cm³/mol. The van der Waals surface area contributed by atoms with Crippen molar-refractivity contribution in [3.8, 4) is 0 Å². The molecule has 98 valence electrons. The van der Waals surface area contributed by atoms with Crippen LogP contribution in [0.3, 0.4) is 0 Å². The lowest BCUT2D eigenvalue weighted by Gasteiger charge is -2.07. The van der Waals surface area contributed by atoms with Crippen LogP contribution < -0.4 is 10.8 Å². The number of aryl methyl sites for hydroxylation is 1. The molecule has 0 saturated heterocycles. The molecule has 0 aliphatic rings. The molecule has 0 atom stereocenters. The second-order valence-electron chi connectivity index (χ2n) is 4.09. The van der Waals surface area contributed by atoms with Gasteiger partial charge in [0.05, 0.1) is 0 Å². The third-order valence-electron chi connectivity index (χ3n) is 2.70. The van der Waals surface area contributed by atoms with Crippen molar-refractivity contribution < 1.29 is 4.79 Å². The van der Waals surface area contributed by atoms with E-state index in [2.05, 4.69) is 15.4 Å². The zero-order valence-corrected chi connectivity index (χ0v) is 10.8. The number of hydrogen-bond donors (Lipinski definition) is 2. The first-order valence-electron chi connectivity index (χ1n) is 5.86. The van der Waals surface area contributed by atoms with E-state index >= 15 is 0 Å². The minimum absolute atomic E-state index is 0.00355. The minimum atomic E-state index is -0.377. The molecule has 0 aliphatic heterocycles. The maximum atomic E-state index is 11.7. The smallest absolute Gasteiger partial charge is 0.273 e. The summed E-state index contributed by atoms with van der Waals surface area (Å²) in [6.45, 7) is 0. The summed E-state index contributed by atoms with van der Waals surface area (Å²) in [6, 6.07) is 9.75. The van der Waals surface area contributed by atoms with Gasteiger partial charge in [-0.25, -0.2) is 9.67 Å². The number of benzene rings is 1. The number of rotatable bonds is 3. The number of carbonyl (C=O) groups is 1. The maximum absolute atomic E-state index is 11.7. The highest BCUT2D eigenvalue weighted by Gasteiger charge is 2.12. The maximum Gasteiger partial charge on any atom is 0.273 e. The molecule has 1 heterocycles. The summed E-state index contributed by atoms with van der Waals surface area (Å²) >= 11 is 0. The SMILES string of the molecule is CNC(=O)c1nc(Cc2ccccc2)nn(C)c1=N. The fraction of sp³-hybridized carbons (Fsp3) is 0.231. The standard InChI is InChI=1S/C13H15N5O/c1-15-13(19)11-12(14)18(2)17-10(16-11)8-9-6-4-3-5-7-9/h3-7,14H,8H2,1-2H3,(H,15,19). The van der Waals surface area contributed by atoms with Crippen LogP contribution in [0.2, 0.25) is 0 Å². The number of hydrogen-bond acceptors (Lipinski definition) is 4. The van der Waals surface area contributed by atoms with Crippen LogP contribution in [-0.4, -0.2) is 27.7 Å². The normalized spacial score (nSPS) is 10.2. The van der Waals surface area contributed by atoms with Crippen LogP contribution in [-0.2, 0) is 13.5 Å². The van der Waals surface area contributed by atoms with Crippen molar-refractivity contribution in [1.29, 1.82) is 5.41 Å². The van der Waals surface area contributed by atoms with Crippen molar-refractivity contribution in [2.24, 2.45) is 7.05 Å². The lowest BCUT2D eigenvalue weighted by molar-refractivity contribution is 0.0954. The topological polar surface area (TPSA) is 83.7 Å². The number of carbonyl (C=O) groups excluding carboxylic acids is 1. The largest absolute Gasteiger partial charge is 0.354 e. The Labute approximate surface area is 110 Å². The van der Waals surface area contributed by atoms with E-state index < -0.39 is 0 Å². The van der Waals surface area contributed by atoms with Gasteiger partial charge in [-0.05, 0) is 5.56 Å². The molecule has 1 amide bonds.